The van der Waals surface area contributed by atoms with E-state index in [1.165, 1.54) is 42.4 Å². The Labute approximate surface area is 110 Å². The van der Waals surface area contributed by atoms with Crippen LogP contribution in [0.3, 0.4) is 0 Å². The van der Waals surface area contributed by atoms with E-state index in [2.05, 4.69) is 29.2 Å². The van der Waals surface area contributed by atoms with Crippen molar-refractivity contribution in [3.8, 4) is 6.07 Å². The van der Waals surface area contributed by atoms with Crippen molar-refractivity contribution in [3.63, 3.8) is 0 Å². The van der Waals surface area contributed by atoms with Crippen LogP contribution >= 0.6 is 0 Å². The molecule has 1 aliphatic carbocycles. The zero-order valence-corrected chi connectivity index (χ0v) is 11.7. The third-order valence-corrected chi connectivity index (χ3v) is 4.06. The van der Waals surface area contributed by atoms with Gasteiger partial charge in [0.15, 0.2) is 0 Å². The molecule has 0 fully saturated rings. The van der Waals surface area contributed by atoms with Crippen molar-refractivity contribution >= 4 is 0 Å². The molecular weight excluding hydrogens is 220 g/mol. The van der Waals surface area contributed by atoms with Crippen LogP contribution in [0.5, 0.6) is 0 Å². The lowest BCUT2D eigenvalue weighted by molar-refractivity contribution is 0.203. The maximum Gasteiger partial charge on any atom is 0.103 e. The average molecular weight is 242 g/mol. The van der Waals surface area contributed by atoms with E-state index in [1.54, 1.807) is 0 Å². The predicted octanol–water partition coefficient (Wildman–Crippen LogP) is 3.30. The van der Waals surface area contributed by atoms with Crippen molar-refractivity contribution in [2.45, 2.75) is 51.6 Å². The Kier molecular flexibility index (Phi) is 3.73. The molecule has 1 aromatic carbocycles. The molecule has 0 bridgehead atoms. The van der Waals surface area contributed by atoms with Gasteiger partial charge in [0.25, 0.3) is 0 Å². The summed E-state index contributed by atoms with van der Waals surface area (Å²) in [7, 11) is 2.02. The van der Waals surface area contributed by atoms with Crippen molar-refractivity contribution in [1.82, 2.24) is 4.90 Å². The highest BCUT2D eigenvalue weighted by Gasteiger charge is 2.23. The fourth-order valence-electron chi connectivity index (χ4n) is 2.44. The molecule has 0 spiro atoms. The lowest BCUT2D eigenvalue weighted by Crippen LogP contribution is -2.39. The molecule has 18 heavy (non-hydrogen) atoms. The van der Waals surface area contributed by atoms with E-state index in [9.17, 15) is 0 Å². The number of benzene rings is 1. The molecule has 0 aliphatic heterocycles. The molecular formula is C16H22N2. The molecule has 0 N–H and O–H groups in total. The number of hydrogen-bond donors (Lipinski definition) is 0. The van der Waals surface area contributed by atoms with Gasteiger partial charge in [0, 0.05) is 6.54 Å². The molecule has 1 aromatic rings. The maximum absolute atomic E-state index is 9.14. The molecule has 0 radical (unpaired) electrons. The number of nitrogens with zero attached hydrogens (tertiary/aromatic N) is 2. The molecule has 0 unspecified atom stereocenters. The highest BCUT2D eigenvalue weighted by atomic mass is 15.2. The van der Waals surface area contributed by atoms with Gasteiger partial charge in [-0.1, -0.05) is 18.2 Å². The standard InChI is InChI=1S/C16H22N2/c1-16(2,12-17)18(3)11-13-8-9-14-6-4-5-7-15(14)10-13/h8-10H,4-7,11H2,1-3H3. The Morgan fingerprint density at radius 3 is 2.56 bits per heavy atom. The normalized spacial score (nSPS) is 15.3. The fourth-order valence-corrected chi connectivity index (χ4v) is 2.44. The summed E-state index contributed by atoms with van der Waals surface area (Å²) in [6, 6.07) is 9.17. The van der Waals surface area contributed by atoms with Gasteiger partial charge < -0.3 is 0 Å². The Hall–Kier alpha value is -1.33. The zero-order chi connectivity index (χ0) is 13.2. The fraction of sp³-hybridized carbons (Fsp3) is 0.562. The molecule has 0 heterocycles. The first-order valence-electron chi connectivity index (χ1n) is 6.76. The average Bonchev–Trinajstić information content (AvgIpc) is 2.38. The number of rotatable bonds is 3. The van der Waals surface area contributed by atoms with Crippen molar-refractivity contribution < 1.29 is 0 Å². The van der Waals surface area contributed by atoms with Crippen molar-refractivity contribution in [2.75, 3.05) is 7.05 Å². The minimum atomic E-state index is -0.407. The smallest absolute Gasteiger partial charge is 0.103 e. The molecule has 2 heteroatoms. The molecule has 0 atom stereocenters. The number of nitriles is 1. The minimum Gasteiger partial charge on any atom is -0.285 e. The summed E-state index contributed by atoms with van der Waals surface area (Å²) in [5.74, 6) is 0. The van der Waals surface area contributed by atoms with E-state index < -0.39 is 5.54 Å². The van der Waals surface area contributed by atoms with Gasteiger partial charge in [-0.25, -0.2) is 0 Å². The highest BCUT2D eigenvalue weighted by molar-refractivity contribution is 5.34. The molecule has 2 rings (SSSR count). The first-order chi connectivity index (χ1) is 8.53. The third-order valence-electron chi connectivity index (χ3n) is 4.06. The maximum atomic E-state index is 9.14. The molecule has 1 aliphatic rings. The summed E-state index contributed by atoms with van der Waals surface area (Å²) in [4.78, 5) is 2.11. The van der Waals surface area contributed by atoms with Gasteiger partial charge in [0.05, 0.1) is 6.07 Å². The van der Waals surface area contributed by atoms with Crippen LogP contribution < -0.4 is 0 Å². The lowest BCUT2D eigenvalue weighted by atomic mass is 9.90. The summed E-state index contributed by atoms with van der Waals surface area (Å²) >= 11 is 0. The monoisotopic (exact) mass is 242 g/mol. The Morgan fingerprint density at radius 2 is 1.89 bits per heavy atom. The quantitative estimate of drug-likeness (QED) is 0.813. The van der Waals surface area contributed by atoms with Crippen LogP contribution in [-0.4, -0.2) is 17.5 Å². The Balaban J connectivity index is 2.13. The van der Waals surface area contributed by atoms with E-state index in [4.69, 9.17) is 5.26 Å². The van der Waals surface area contributed by atoms with Gasteiger partial charge in [-0.3, -0.25) is 4.90 Å². The van der Waals surface area contributed by atoms with Crippen LogP contribution in [0.4, 0.5) is 0 Å². The lowest BCUT2D eigenvalue weighted by Gasteiger charge is -2.29. The van der Waals surface area contributed by atoms with E-state index >= 15 is 0 Å². The van der Waals surface area contributed by atoms with Crippen LogP contribution in [0.1, 0.15) is 43.4 Å². The second kappa shape index (κ2) is 5.12. The SMILES string of the molecule is CN(Cc1ccc2c(c1)CCCC2)C(C)(C)C#N. The first kappa shape index (κ1) is 13.1. The molecule has 0 saturated heterocycles. The molecule has 0 amide bonds. The van der Waals surface area contributed by atoms with Gasteiger partial charge >= 0.3 is 0 Å². The number of hydrogen-bond acceptors (Lipinski definition) is 2. The predicted molar refractivity (Wildman–Crippen MR) is 74.2 cm³/mol. The molecule has 0 aromatic heterocycles. The molecule has 2 nitrogen and oxygen atoms in total. The van der Waals surface area contributed by atoms with Crippen LogP contribution in [0, 0.1) is 11.3 Å². The first-order valence-corrected chi connectivity index (χ1v) is 6.76. The van der Waals surface area contributed by atoms with Crippen molar-refractivity contribution in [2.24, 2.45) is 0 Å². The molecule has 96 valence electrons. The van der Waals surface area contributed by atoms with Crippen LogP contribution in [0.2, 0.25) is 0 Å². The van der Waals surface area contributed by atoms with E-state index in [-0.39, 0.29) is 0 Å². The van der Waals surface area contributed by atoms with Gasteiger partial charge in [0.1, 0.15) is 5.54 Å². The highest BCUT2D eigenvalue weighted by Crippen LogP contribution is 2.23. The van der Waals surface area contributed by atoms with Crippen LogP contribution in [-0.2, 0) is 19.4 Å². The van der Waals surface area contributed by atoms with E-state index in [0.717, 1.165) is 6.54 Å². The Bertz CT molecular complexity index is 468. The topological polar surface area (TPSA) is 27.0 Å². The van der Waals surface area contributed by atoms with Crippen LogP contribution in [0.15, 0.2) is 18.2 Å². The Morgan fingerprint density at radius 1 is 1.22 bits per heavy atom. The van der Waals surface area contributed by atoms with Gasteiger partial charge in [-0.05, 0) is 63.3 Å². The van der Waals surface area contributed by atoms with Crippen molar-refractivity contribution in [1.29, 1.82) is 5.26 Å². The van der Waals surface area contributed by atoms with E-state index in [0.29, 0.717) is 0 Å². The minimum absolute atomic E-state index is 0.407. The van der Waals surface area contributed by atoms with Crippen molar-refractivity contribution in [3.05, 3.63) is 34.9 Å². The largest absolute Gasteiger partial charge is 0.285 e. The summed E-state index contributed by atoms with van der Waals surface area (Å²) < 4.78 is 0. The number of fused-ring (bicyclic) bond motifs is 1. The zero-order valence-electron chi connectivity index (χ0n) is 11.7. The van der Waals surface area contributed by atoms with Gasteiger partial charge in [0.2, 0.25) is 0 Å². The van der Waals surface area contributed by atoms with Gasteiger partial charge in [-0.15, -0.1) is 0 Å². The van der Waals surface area contributed by atoms with Gasteiger partial charge in [-0.2, -0.15) is 5.26 Å². The second-order valence-corrected chi connectivity index (χ2v) is 5.84. The summed E-state index contributed by atoms with van der Waals surface area (Å²) in [6.45, 7) is 4.77. The third kappa shape index (κ3) is 2.73. The second-order valence-electron chi connectivity index (χ2n) is 5.84. The summed E-state index contributed by atoms with van der Waals surface area (Å²) in [5, 5.41) is 9.14. The number of aryl methyl sites for hydroxylation is 2. The van der Waals surface area contributed by atoms with E-state index in [1.807, 2.05) is 20.9 Å². The summed E-state index contributed by atoms with van der Waals surface area (Å²) in [5.41, 5.74) is 3.95. The summed E-state index contributed by atoms with van der Waals surface area (Å²) in [6.07, 6.45) is 5.09. The molecule has 0 saturated carbocycles. The van der Waals surface area contributed by atoms with Crippen LogP contribution in [0.25, 0.3) is 0 Å².